The first-order valence-electron chi connectivity index (χ1n) is 5.89. The van der Waals surface area contributed by atoms with E-state index in [-0.39, 0.29) is 0 Å². The average Bonchev–Trinajstić information content (AvgIpc) is 2.27. The van der Waals surface area contributed by atoms with Crippen LogP contribution >= 0.6 is 0 Å². The van der Waals surface area contributed by atoms with Crippen molar-refractivity contribution in [2.75, 3.05) is 14.2 Å². The Bertz CT molecular complexity index is 156. The van der Waals surface area contributed by atoms with Crippen molar-refractivity contribution in [1.82, 2.24) is 0 Å². The average molecular weight is 230 g/mol. The molecule has 0 aromatic rings. The third-order valence-electron chi connectivity index (χ3n) is 2.90. The van der Waals surface area contributed by atoms with E-state index in [0.717, 1.165) is 12.5 Å². The van der Waals surface area contributed by atoms with E-state index in [4.69, 9.17) is 8.85 Å². The number of allylic oxidation sites excluding steroid dienone is 1. The summed E-state index contributed by atoms with van der Waals surface area (Å²) in [6, 6.07) is 1.11. The summed E-state index contributed by atoms with van der Waals surface area (Å²) in [5.41, 5.74) is 0. The molecule has 0 fully saturated rings. The highest BCUT2D eigenvalue weighted by atomic mass is 28.4. The normalized spacial score (nSPS) is 11.7. The predicted octanol–water partition coefficient (Wildman–Crippen LogP) is 3.88. The second kappa shape index (κ2) is 9.13. The van der Waals surface area contributed by atoms with Crippen molar-refractivity contribution in [3.05, 3.63) is 12.7 Å². The first-order chi connectivity index (χ1) is 7.18. The van der Waals surface area contributed by atoms with Crippen molar-refractivity contribution in [2.45, 2.75) is 51.1 Å². The smallest absolute Gasteiger partial charge is 0.334 e. The van der Waals surface area contributed by atoms with E-state index >= 15 is 0 Å². The maximum atomic E-state index is 5.44. The molecular formula is C12H26O2Si. The molecule has 0 unspecified atom stereocenters. The minimum absolute atomic E-state index is 1.11. The topological polar surface area (TPSA) is 18.5 Å². The maximum Gasteiger partial charge on any atom is 0.334 e. The predicted molar refractivity (Wildman–Crippen MR) is 68.3 cm³/mol. The van der Waals surface area contributed by atoms with Gasteiger partial charge >= 0.3 is 8.56 Å². The van der Waals surface area contributed by atoms with Crippen LogP contribution in [0.4, 0.5) is 0 Å². The zero-order valence-corrected chi connectivity index (χ0v) is 11.6. The van der Waals surface area contributed by atoms with Crippen LogP contribution in [0.1, 0.15) is 38.5 Å². The van der Waals surface area contributed by atoms with Crippen LogP contribution < -0.4 is 0 Å². The fourth-order valence-electron chi connectivity index (χ4n) is 1.55. The Kier molecular flexibility index (Phi) is 9.05. The molecule has 15 heavy (non-hydrogen) atoms. The van der Waals surface area contributed by atoms with Gasteiger partial charge in [-0.2, -0.15) is 0 Å². The number of unbranched alkanes of at least 4 members (excludes halogenated alkanes) is 5. The third-order valence-corrected chi connectivity index (χ3v) is 5.89. The van der Waals surface area contributed by atoms with E-state index in [2.05, 4.69) is 13.1 Å². The largest absolute Gasteiger partial charge is 0.398 e. The van der Waals surface area contributed by atoms with Crippen LogP contribution in [-0.4, -0.2) is 22.8 Å². The van der Waals surface area contributed by atoms with Gasteiger partial charge in [-0.05, 0) is 25.4 Å². The van der Waals surface area contributed by atoms with Crippen molar-refractivity contribution in [2.24, 2.45) is 0 Å². The second-order valence-corrected chi connectivity index (χ2v) is 7.72. The summed E-state index contributed by atoms with van der Waals surface area (Å²) in [4.78, 5) is 0. The third kappa shape index (κ3) is 7.77. The van der Waals surface area contributed by atoms with E-state index in [9.17, 15) is 0 Å². The molecule has 0 amide bonds. The lowest BCUT2D eigenvalue weighted by atomic mass is 10.1. The molecule has 0 bridgehead atoms. The summed E-state index contributed by atoms with van der Waals surface area (Å²) in [6.45, 7) is 5.85. The van der Waals surface area contributed by atoms with Crippen LogP contribution in [0.25, 0.3) is 0 Å². The molecule has 0 saturated carbocycles. The number of hydrogen-bond acceptors (Lipinski definition) is 2. The van der Waals surface area contributed by atoms with E-state index in [0.29, 0.717) is 0 Å². The molecule has 0 radical (unpaired) electrons. The highest BCUT2D eigenvalue weighted by molar-refractivity contribution is 6.65. The Morgan fingerprint density at radius 3 is 2.07 bits per heavy atom. The summed E-state index contributed by atoms with van der Waals surface area (Å²) in [5, 5.41) is 0. The van der Waals surface area contributed by atoms with Gasteiger partial charge in [0.2, 0.25) is 0 Å². The lowest BCUT2D eigenvalue weighted by Gasteiger charge is -2.22. The van der Waals surface area contributed by atoms with Crippen molar-refractivity contribution < 1.29 is 8.85 Å². The van der Waals surface area contributed by atoms with Gasteiger partial charge in [0.15, 0.2) is 0 Å². The standard InChI is InChI=1S/C12H26O2Si/c1-5-6-7-8-9-10-11-12-15(4,13-2)14-3/h5H,1,6-12H2,2-4H3. The van der Waals surface area contributed by atoms with E-state index in [1.807, 2.05) is 6.08 Å². The molecule has 0 aliphatic rings. The Hall–Kier alpha value is -0.123. The molecular weight excluding hydrogens is 204 g/mol. The summed E-state index contributed by atoms with van der Waals surface area (Å²) >= 11 is 0. The number of hydrogen-bond donors (Lipinski definition) is 0. The van der Waals surface area contributed by atoms with Gasteiger partial charge in [-0.25, -0.2) is 0 Å². The summed E-state index contributed by atoms with van der Waals surface area (Å²) in [6.07, 6.45) is 9.62. The van der Waals surface area contributed by atoms with Crippen LogP contribution in [0.15, 0.2) is 12.7 Å². The SMILES string of the molecule is C=CCCCCCCC[Si](C)(OC)OC. The highest BCUT2D eigenvalue weighted by Crippen LogP contribution is 2.17. The van der Waals surface area contributed by atoms with Gasteiger partial charge in [0.05, 0.1) is 0 Å². The zero-order valence-electron chi connectivity index (χ0n) is 10.6. The quantitative estimate of drug-likeness (QED) is 0.322. The molecule has 0 rings (SSSR count). The minimum atomic E-state index is -1.79. The fraction of sp³-hybridized carbons (Fsp3) is 0.833. The fourth-order valence-corrected chi connectivity index (χ4v) is 3.02. The Morgan fingerprint density at radius 2 is 1.53 bits per heavy atom. The van der Waals surface area contributed by atoms with Crippen LogP contribution in [0.5, 0.6) is 0 Å². The van der Waals surface area contributed by atoms with Gasteiger partial charge in [0.1, 0.15) is 0 Å². The lowest BCUT2D eigenvalue weighted by Crippen LogP contribution is -2.35. The van der Waals surface area contributed by atoms with E-state index < -0.39 is 8.56 Å². The van der Waals surface area contributed by atoms with Crippen LogP contribution in [0, 0.1) is 0 Å². The Labute approximate surface area is 95.9 Å². The van der Waals surface area contributed by atoms with Gasteiger partial charge in [-0.15, -0.1) is 6.58 Å². The van der Waals surface area contributed by atoms with Crippen molar-refractivity contribution in [3.8, 4) is 0 Å². The van der Waals surface area contributed by atoms with Gasteiger partial charge < -0.3 is 8.85 Å². The van der Waals surface area contributed by atoms with E-state index in [1.54, 1.807) is 14.2 Å². The second-order valence-electron chi connectivity index (χ2n) is 4.14. The molecule has 90 valence electrons. The molecule has 0 aliphatic carbocycles. The van der Waals surface area contributed by atoms with Gasteiger partial charge in [-0.1, -0.05) is 31.8 Å². The van der Waals surface area contributed by atoms with Gasteiger partial charge in [-0.3, -0.25) is 0 Å². The maximum absolute atomic E-state index is 5.44. The molecule has 0 atom stereocenters. The molecule has 0 aromatic carbocycles. The summed E-state index contributed by atoms with van der Waals surface area (Å²) in [7, 11) is 1.74. The van der Waals surface area contributed by atoms with Crippen molar-refractivity contribution >= 4 is 8.56 Å². The summed E-state index contributed by atoms with van der Waals surface area (Å²) < 4.78 is 10.9. The van der Waals surface area contributed by atoms with E-state index in [1.165, 1.54) is 32.1 Å². The minimum Gasteiger partial charge on any atom is -0.398 e. The van der Waals surface area contributed by atoms with Gasteiger partial charge in [0, 0.05) is 14.2 Å². The molecule has 0 saturated heterocycles. The Morgan fingerprint density at radius 1 is 1.00 bits per heavy atom. The molecule has 0 heterocycles. The lowest BCUT2D eigenvalue weighted by molar-refractivity contribution is 0.248. The molecule has 2 nitrogen and oxygen atoms in total. The first-order valence-corrected chi connectivity index (χ1v) is 8.42. The molecule has 3 heteroatoms. The molecule has 0 aromatic heterocycles. The summed E-state index contributed by atoms with van der Waals surface area (Å²) in [5.74, 6) is 0. The van der Waals surface area contributed by atoms with Crippen LogP contribution in [-0.2, 0) is 8.85 Å². The number of rotatable bonds is 10. The van der Waals surface area contributed by atoms with Crippen LogP contribution in [0.2, 0.25) is 12.6 Å². The Balaban J connectivity index is 3.33. The first kappa shape index (κ1) is 14.9. The van der Waals surface area contributed by atoms with Crippen molar-refractivity contribution in [3.63, 3.8) is 0 Å². The highest BCUT2D eigenvalue weighted by Gasteiger charge is 2.27. The molecule has 0 aliphatic heterocycles. The van der Waals surface area contributed by atoms with Crippen LogP contribution in [0.3, 0.4) is 0 Å². The van der Waals surface area contributed by atoms with Gasteiger partial charge in [0.25, 0.3) is 0 Å². The van der Waals surface area contributed by atoms with Crippen molar-refractivity contribution in [1.29, 1.82) is 0 Å². The molecule has 0 spiro atoms. The zero-order chi connectivity index (χ0) is 11.6. The monoisotopic (exact) mass is 230 g/mol. The molecule has 0 N–H and O–H groups in total.